The normalized spacial score (nSPS) is 15.8. The molecule has 0 aliphatic carbocycles. The van der Waals surface area contributed by atoms with Crippen molar-refractivity contribution in [2.75, 3.05) is 108 Å². The van der Waals surface area contributed by atoms with E-state index in [1.165, 1.54) is 73.7 Å². The zero-order chi connectivity index (χ0) is 70.3. The maximum absolute atomic E-state index is 13.6. The molecular weight excluding hydrogens is 1630 g/mol. The molecule has 2 fully saturated rings. The maximum atomic E-state index is 13.6. The molecule has 3 N–H and O–H groups in total. The quantitative estimate of drug-likeness (QED) is 0.0318. The van der Waals surface area contributed by atoms with Gasteiger partial charge in [-0.05, 0) is 82.9 Å². The van der Waals surface area contributed by atoms with Gasteiger partial charge in [-0.15, -0.1) is 26.3 Å². The van der Waals surface area contributed by atoms with Crippen LogP contribution in [-0.4, -0.2) is 161 Å². The van der Waals surface area contributed by atoms with Crippen LogP contribution in [0, 0.1) is 11.3 Å². The number of nitriles is 1. The number of anilines is 2. The van der Waals surface area contributed by atoms with Gasteiger partial charge in [0.1, 0.15) is 36.2 Å². The first-order valence-corrected chi connectivity index (χ1v) is 30.4. The van der Waals surface area contributed by atoms with Crippen molar-refractivity contribution in [2.45, 2.75) is 64.2 Å². The molecule has 0 aromatic heterocycles. The summed E-state index contributed by atoms with van der Waals surface area (Å²) in [5.74, 6) is -1.14. The van der Waals surface area contributed by atoms with Crippen molar-refractivity contribution in [3.8, 4) is 62.8 Å². The molecule has 0 radical (unpaired) electrons. The monoisotopic (exact) mass is 1700 g/mol. The summed E-state index contributed by atoms with van der Waals surface area (Å²) in [5.41, 5.74) is 3.48. The standard InChI is InChI=1S/C29H27F7N2O4.C26H22F7NO6S.C4H9NO.C2H3N.CH2O3.CH4.2Cs.H2O.H/c30-27(31)28(32,33)41-21-6-2-5-20(17-21)25-18-40-26-23(19-4-1-7-22(16-19)42-29(34,35)36)8-3-9-24(26)38(25)11-10-37-12-14-39-15-13-37;1-41(35,36)38-12-11-34-21-10-4-9-20(16-5-2-8-19(13-16)40-26(31,32)33)23(21)37-15-22(34)17-6-3-7-18(14-17)39-25(29,30)24(27)28;1-3-6-4-2-5-1;1-2-3;2-1-4-3;;;;;/h1-9,16-17,25,27H,10-15,18H2;2-10,13-14,22,24H,11-12,15H2,1H3;5H,1-4H2;1H3;1,3H;1H4;;;1H2;/q;;;;;;2*+1;;-1/p-1. The Bertz CT molecular complexity index is 3600. The van der Waals surface area contributed by atoms with Crippen LogP contribution >= 0.6 is 0 Å². The second-order valence-corrected chi connectivity index (χ2v) is 22.0. The first kappa shape index (κ1) is 91.6. The second-order valence-electron chi connectivity index (χ2n) is 20.3. The Labute approximate surface area is 686 Å². The molecule has 0 saturated carbocycles. The number of rotatable bonds is 20. The van der Waals surface area contributed by atoms with Gasteiger partial charge >= 0.3 is 176 Å². The van der Waals surface area contributed by atoms with Gasteiger partial charge < -0.3 is 70.1 Å². The number of hydrogen-bond donors (Lipinski definition) is 1. The maximum Gasteiger partial charge on any atom is 1.00 e. The van der Waals surface area contributed by atoms with E-state index in [9.17, 15) is 69.9 Å². The van der Waals surface area contributed by atoms with E-state index in [4.69, 9.17) is 38.4 Å². The SMILES string of the molecule is C.C1COCCN1.CC#N.CS(=O)(=O)OCCN1c2cccc(-c3cccc(OC(F)(F)F)c3)c2OCC1c1cccc(OC(F)(F)C(F)F)c1.FC(F)C(F)(F)Oc1cccc(C2COc3c(-c4cccc(OC(F)(F)F)c4)cccc3N2CCN2CCOCC2)c1.O.O=CO[O-].[Cs+].[Cs+].[H-]. The Morgan fingerprint density at radius 2 is 0.980 bits per heavy atom. The summed E-state index contributed by atoms with van der Waals surface area (Å²) >= 11 is 0. The summed E-state index contributed by atoms with van der Waals surface area (Å²) in [5, 5.41) is 18.9. The first-order valence-electron chi connectivity index (χ1n) is 28.6. The van der Waals surface area contributed by atoms with E-state index in [0.717, 1.165) is 63.8 Å². The molecule has 4 aliphatic rings. The Morgan fingerprint density at radius 1 is 0.610 bits per heavy atom. The molecule has 6 aromatic rings. The molecule has 2 unspecified atom stereocenters. The van der Waals surface area contributed by atoms with Gasteiger partial charge in [0.2, 0.25) is 0 Å². The van der Waals surface area contributed by atoms with Gasteiger partial charge in [0.15, 0.2) is 11.5 Å². The topological polar surface area (TPSA) is 244 Å². The average molecular weight is 1700 g/mol. The minimum atomic E-state index is -4.91. The molecular formula is C63H69Cs2F14N5O15S. The molecule has 4 heterocycles. The molecule has 10 rings (SSSR count). The summed E-state index contributed by atoms with van der Waals surface area (Å²) in [7, 11) is -3.83. The van der Waals surface area contributed by atoms with Gasteiger partial charge in [-0.25, -0.2) is 0 Å². The molecule has 0 spiro atoms. The number of ether oxygens (including phenoxy) is 8. The smallest absolute Gasteiger partial charge is 1.00 e. The predicted molar refractivity (Wildman–Crippen MR) is 326 cm³/mol. The van der Waals surface area contributed by atoms with Crippen molar-refractivity contribution in [1.29, 1.82) is 5.26 Å². The van der Waals surface area contributed by atoms with Gasteiger partial charge in [0.25, 0.3) is 16.6 Å². The number of nitrogens with one attached hydrogen (secondary N) is 1. The fourth-order valence-corrected chi connectivity index (χ4v) is 10.2. The van der Waals surface area contributed by atoms with Gasteiger partial charge in [-0.1, -0.05) is 80.2 Å². The van der Waals surface area contributed by atoms with Crippen LogP contribution in [0.3, 0.4) is 0 Å². The van der Waals surface area contributed by atoms with Crippen LogP contribution in [0.4, 0.5) is 72.8 Å². The Morgan fingerprint density at radius 3 is 1.33 bits per heavy atom. The van der Waals surface area contributed by atoms with E-state index in [0.29, 0.717) is 76.8 Å². The van der Waals surface area contributed by atoms with Gasteiger partial charge in [0.05, 0.1) is 68.8 Å². The van der Waals surface area contributed by atoms with Gasteiger partial charge in [0, 0.05) is 63.9 Å². The largest absolute Gasteiger partial charge is 1.00 e. The van der Waals surface area contributed by atoms with E-state index in [1.54, 1.807) is 59.5 Å². The third kappa shape index (κ3) is 29.5. The number of carbonyl (C=O) groups excluding carboxylic acids is 1. The van der Waals surface area contributed by atoms with Crippen molar-refractivity contribution < 1.29 is 272 Å². The van der Waals surface area contributed by atoms with Crippen LogP contribution in [0.5, 0.6) is 34.5 Å². The molecule has 0 bridgehead atoms. The fraction of sp³-hybridized carbons (Fsp3) is 0.397. The van der Waals surface area contributed by atoms with E-state index >= 15 is 0 Å². The van der Waals surface area contributed by atoms with E-state index in [1.807, 2.05) is 4.90 Å². The number of benzene rings is 6. The Kier molecular flexibility index (Phi) is 40.0. The molecule has 100 heavy (non-hydrogen) atoms. The van der Waals surface area contributed by atoms with Crippen LogP contribution in [0.1, 0.15) is 39.0 Å². The zero-order valence-electron chi connectivity index (χ0n) is 54.2. The van der Waals surface area contributed by atoms with Gasteiger partial charge in [-0.2, -0.15) is 48.8 Å². The number of carbonyl (C=O) groups is 1. The molecule has 0 amide bonds. The van der Waals surface area contributed by atoms with E-state index in [2.05, 4.69) is 34.1 Å². The van der Waals surface area contributed by atoms with Gasteiger partial charge in [-0.3, -0.25) is 13.9 Å². The fourth-order valence-electron chi connectivity index (χ4n) is 9.78. The number of hydrogen-bond acceptors (Lipinski definition) is 19. The van der Waals surface area contributed by atoms with Crippen molar-refractivity contribution in [2.24, 2.45) is 0 Å². The van der Waals surface area contributed by atoms with Crippen molar-refractivity contribution in [3.05, 3.63) is 145 Å². The number of alkyl halides is 14. The summed E-state index contributed by atoms with van der Waals surface area (Å²) < 4.78 is 249. The van der Waals surface area contributed by atoms with E-state index in [-0.39, 0.29) is 196 Å². The third-order valence-corrected chi connectivity index (χ3v) is 14.3. The number of nitrogens with zero attached hydrogens (tertiary/aromatic N) is 4. The molecule has 6 aromatic carbocycles. The number of fused-ring (bicyclic) bond motifs is 2. The molecule has 20 nitrogen and oxygen atoms in total. The van der Waals surface area contributed by atoms with E-state index < -0.39 is 77.2 Å². The minimum absolute atomic E-state index is 0. The van der Waals surface area contributed by atoms with Crippen LogP contribution in [0.25, 0.3) is 22.3 Å². The number of morpholine rings is 2. The molecule has 2 atom stereocenters. The van der Waals surface area contributed by atoms with Crippen molar-refractivity contribution in [3.63, 3.8) is 0 Å². The minimum Gasteiger partial charge on any atom is -1.00 e. The molecule has 2 saturated heterocycles. The molecule has 4 aliphatic heterocycles. The average Bonchev–Trinajstić information content (AvgIpc) is 0.772. The van der Waals surface area contributed by atoms with Crippen LogP contribution in [0.15, 0.2) is 133 Å². The summed E-state index contributed by atoms with van der Waals surface area (Å²) in [4.78, 5) is 17.1. The summed E-state index contributed by atoms with van der Waals surface area (Å²) in [6.45, 7) is 8.30. The molecule has 37 heteroatoms. The number of halogens is 14. The first-order chi connectivity index (χ1) is 45.5. The van der Waals surface area contributed by atoms with Crippen LogP contribution in [0.2, 0.25) is 0 Å². The van der Waals surface area contributed by atoms with Crippen LogP contribution < -0.4 is 187 Å². The van der Waals surface area contributed by atoms with Crippen molar-refractivity contribution >= 4 is 28.0 Å². The zero-order valence-corrected chi connectivity index (χ0v) is 66.6. The summed E-state index contributed by atoms with van der Waals surface area (Å²) in [6.07, 6.45) is -26.4. The summed E-state index contributed by atoms with van der Waals surface area (Å²) in [6, 6.07) is 31.8. The van der Waals surface area contributed by atoms with Crippen molar-refractivity contribution in [1.82, 2.24) is 10.2 Å². The second kappa shape index (κ2) is 43.7. The van der Waals surface area contributed by atoms with Crippen LogP contribution in [-0.2, 0) is 33.5 Å². The molecule has 542 valence electrons. The Balaban J connectivity index is 0.000000822. The Hall–Kier alpha value is -4.53. The predicted octanol–water partition coefficient (Wildman–Crippen LogP) is 5.67. The number of para-hydroxylation sites is 2. The third-order valence-electron chi connectivity index (χ3n) is 13.7.